The Balaban J connectivity index is 2.31. The molecule has 0 aliphatic carbocycles. The molecule has 21 heavy (non-hydrogen) atoms. The quantitative estimate of drug-likeness (QED) is 0.854. The lowest BCUT2D eigenvalue weighted by Crippen LogP contribution is -2.05. The molecule has 0 saturated heterocycles. The molecule has 2 aromatic rings. The Labute approximate surface area is 130 Å². The molecule has 0 fully saturated rings. The highest BCUT2D eigenvalue weighted by Gasteiger charge is 2.10. The minimum atomic E-state index is -0.463. The van der Waals surface area contributed by atoms with Crippen LogP contribution in [0.5, 0.6) is 11.6 Å². The average molecular weight is 356 g/mol. The molecule has 0 saturated carbocycles. The monoisotopic (exact) mass is 355 g/mol. The van der Waals surface area contributed by atoms with Crippen LogP contribution in [0.2, 0.25) is 0 Å². The fourth-order valence-corrected chi connectivity index (χ4v) is 2.00. The van der Waals surface area contributed by atoms with Crippen molar-refractivity contribution in [2.45, 2.75) is 13.5 Å². The van der Waals surface area contributed by atoms with Crippen LogP contribution in [-0.2, 0) is 11.3 Å². The van der Waals surface area contributed by atoms with Crippen LogP contribution in [0.4, 0.5) is 10.2 Å². The number of ether oxygens (including phenoxy) is 2. The number of anilines is 1. The van der Waals surface area contributed by atoms with Gasteiger partial charge in [0, 0.05) is 24.2 Å². The molecular weight excluding hydrogens is 341 g/mol. The number of rotatable bonds is 6. The number of nitrogens with one attached hydrogen (secondary N) is 1. The highest BCUT2D eigenvalue weighted by Crippen LogP contribution is 2.27. The molecule has 0 aliphatic rings. The minimum Gasteiger partial charge on any atom is -0.436 e. The smallest absolute Gasteiger partial charge is 0.224 e. The van der Waals surface area contributed by atoms with Crippen molar-refractivity contribution in [3.8, 4) is 11.6 Å². The van der Waals surface area contributed by atoms with Crippen molar-refractivity contribution >= 4 is 21.7 Å². The molecule has 2 rings (SSSR count). The first kappa shape index (κ1) is 15.7. The Morgan fingerprint density at radius 1 is 1.29 bits per heavy atom. The van der Waals surface area contributed by atoms with Gasteiger partial charge in [-0.15, -0.1) is 0 Å². The third-order valence-corrected chi connectivity index (χ3v) is 2.98. The summed E-state index contributed by atoms with van der Waals surface area (Å²) in [5.74, 6) is 0.945. The van der Waals surface area contributed by atoms with Gasteiger partial charge in [-0.2, -0.15) is 4.98 Å². The van der Waals surface area contributed by atoms with E-state index in [0.717, 1.165) is 4.47 Å². The standard InChI is InChI=1S/C14H15BrFN3O2/c1-3-17-12-7-14(19-13(18-12)8-20-2)21-11-6-9(15)4-5-10(11)16/h4-7H,3,8H2,1-2H3,(H,17,18,19). The highest BCUT2D eigenvalue weighted by atomic mass is 79.9. The van der Waals surface area contributed by atoms with E-state index in [9.17, 15) is 4.39 Å². The van der Waals surface area contributed by atoms with Gasteiger partial charge >= 0.3 is 0 Å². The third kappa shape index (κ3) is 4.37. The average Bonchev–Trinajstić information content (AvgIpc) is 2.43. The SMILES string of the molecule is CCNc1cc(Oc2cc(Br)ccc2F)nc(COC)n1. The van der Waals surface area contributed by atoms with Gasteiger partial charge in [0.15, 0.2) is 17.4 Å². The summed E-state index contributed by atoms with van der Waals surface area (Å²) in [5.41, 5.74) is 0. The lowest BCUT2D eigenvalue weighted by Gasteiger charge is -2.10. The zero-order chi connectivity index (χ0) is 15.2. The van der Waals surface area contributed by atoms with Gasteiger partial charge in [0.25, 0.3) is 0 Å². The topological polar surface area (TPSA) is 56.3 Å². The van der Waals surface area contributed by atoms with E-state index in [0.29, 0.717) is 18.2 Å². The summed E-state index contributed by atoms with van der Waals surface area (Å²) >= 11 is 3.28. The third-order valence-electron chi connectivity index (χ3n) is 2.49. The summed E-state index contributed by atoms with van der Waals surface area (Å²) in [6.45, 7) is 2.90. The van der Waals surface area contributed by atoms with Gasteiger partial charge in [0.05, 0.1) is 0 Å². The van der Waals surface area contributed by atoms with Crippen molar-refractivity contribution in [2.75, 3.05) is 19.0 Å². The lowest BCUT2D eigenvalue weighted by atomic mass is 10.3. The summed E-state index contributed by atoms with van der Waals surface area (Å²) in [6, 6.07) is 6.08. The maximum absolute atomic E-state index is 13.7. The van der Waals surface area contributed by atoms with Crippen LogP contribution in [0.3, 0.4) is 0 Å². The Morgan fingerprint density at radius 3 is 2.81 bits per heavy atom. The summed E-state index contributed by atoms with van der Waals surface area (Å²) in [7, 11) is 1.55. The molecule has 0 bridgehead atoms. The normalized spacial score (nSPS) is 10.5. The fraction of sp³-hybridized carbons (Fsp3) is 0.286. The largest absolute Gasteiger partial charge is 0.436 e. The van der Waals surface area contributed by atoms with Crippen LogP contribution >= 0.6 is 15.9 Å². The molecule has 0 amide bonds. The second-order valence-electron chi connectivity index (χ2n) is 4.15. The fourth-order valence-electron chi connectivity index (χ4n) is 1.66. The first-order chi connectivity index (χ1) is 10.1. The summed E-state index contributed by atoms with van der Waals surface area (Å²) in [5, 5.41) is 3.07. The van der Waals surface area contributed by atoms with Gasteiger partial charge in [-0.25, -0.2) is 9.37 Å². The molecule has 0 radical (unpaired) electrons. The molecular formula is C14H15BrFN3O2. The van der Waals surface area contributed by atoms with Crippen molar-refractivity contribution in [1.29, 1.82) is 0 Å². The van der Waals surface area contributed by atoms with E-state index < -0.39 is 5.82 Å². The Kier molecular flexibility index (Phi) is 5.46. The Bertz CT molecular complexity index is 601. The molecule has 1 aromatic carbocycles. The summed E-state index contributed by atoms with van der Waals surface area (Å²) < 4.78 is 25.0. The maximum Gasteiger partial charge on any atom is 0.224 e. The number of hydrogen-bond acceptors (Lipinski definition) is 5. The van der Waals surface area contributed by atoms with Crippen LogP contribution < -0.4 is 10.1 Å². The number of benzene rings is 1. The molecule has 7 heteroatoms. The minimum absolute atomic E-state index is 0.0916. The first-order valence-corrected chi connectivity index (χ1v) is 7.15. The van der Waals surface area contributed by atoms with Gasteiger partial charge in [-0.1, -0.05) is 15.9 Å². The molecule has 1 heterocycles. The molecule has 0 aliphatic heterocycles. The second kappa shape index (κ2) is 7.33. The zero-order valence-corrected chi connectivity index (χ0v) is 13.3. The molecule has 1 N–H and O–H groups in total. The molecule has 112 valence electrons. The van der Waals surface area contributed by atoms with Gasteiger partial charge in [-0.05, 0) is 25.1 Å². The molecule has 5 nitrogen and oxygen atoms in total. The maximum atomic E-state index is 13.7. The van der Waals surface area contributed by atoms with E-state index >= 15 is 0 Å². The van der Waals surface area contributed by atoms with E-state index in [2.05, 4.69) is 31.2 Å². The van der Waals surface area contributed by atoms with E-state index in [1.807, 2.05) is 6.92 Å². The van der Waals surface area contributed by atoms with Crippen molar-refractivity contribution in [1.82, 2.24) is 9.97 Å². The van der Waals surface area contributed by atoms with Crippen molar-refractivity contribution in [3.05, 3.63) is 40.4 Å². The predicted molar refractivity (Wildman–Crippen MR) is 81.1 cm³/mol. The number of halogens is 2. The second-order valence-corrected chi connectivity index (χ2v) is 5.06. The van der Waals surface area contributed by atoms with Crippen LogP contribution in [0.1, 0.15) is 12.7 Å². The molecule has 0 spiro atoms. The molecule has 0 unspecified atom stereocenters. The summed E-state index contributed by atoms with van der Waals surface area (Å²) in [4.78, 5) is 8.46. The van der Waals surface area contributed by atoms with E-state index in [4.69, 9.17) is 9.47 Å². The van der Waals surface area contributed by atoms with E-state index in [1.54, 1.807) is 25.3 Å². The van der Waals surface area contributed by atoms with Gasteiger partial charge < -0.3 is 14.8 Å². The van der Waals surface area contributed by atoms with E-state index in [1.165, 1.54) is 6.07 Å². The van der Waals surface area contributed by atoms with Crippen LogP contribution in [0.15, 0.2) is 28.7 Å². The van der Waals surface area contributed by atoms with Crippen LogP contribution in [0, 0.1) is 5.82 Å². The van der Waals surface area contributed by atoms with Gasteiger partial charge in [-0.3, -0.25) is 0 Å². The van der Waals surface area contributed by atoms with Crippen LogP contribution in [0.25, 0.3) is 0 Å². The number of methoxy groups -OCH3 is 1. The Hall–Kier alpha value is -1.73. The van der Waals surface area contributed by atoms with Crippen molar-refractivity contribution < 1.29 is 13.9 Å². The van der Waals surface area contributed by atoms with Gasteiger partial charge in [0.2, 0.25) is 5.88 Å². The van der Waals surface area contributed by atoms with Crippen molar-refractivity contribution in [2.24, 2.45) is 0 Å². The van der Waals surface area contributed by atoms with E-state index in [-0.39, 0.29) is 18.2 Å². The highest BCUT2D eigenvalue weighted by molar-refractivity contribution is 9.10. The lowest BCUT2D eigenvalue weighted by molar-refractivity contribution is 0.177. The molecule has 1 aromatic heterocycles. The number of aromatic nitrogens is 2. The number of hydrogen-bond donors (Lipinski definition) is 1. The van der Waals surface area contributed by atoms with Crippen molar-refractivity contribution in [3.63, 3.8) is 0 Å². The molecule has 0 atom stereocenters. The van der Waals surface area contributed by atoms with Crippen LogP contribution in [-0.4, -0.2) is 23.6 Å². The first-order valence-electron chi connectivity index (χ1n) is 6.36. The number of nitrogens with zero attached hydrogens (tertiary/aromatic N) is 2. The summed E-state index contributed by atoms with van der Waals surface area (Å²) in [6.07, 6.45) is 0. The van der Waals surface area contributed by atoms with Gasteiger partial charge in [0.1, 0.15) is 12.4 Å². The Morgan fingerprint density at radius 2 is 2.10 bits per heavy atom. The predicted octanol–water partition coefficient (Wildman–Crippen LogP) is 3.75. The zero-order valence-electron chi connectivity index (χ0n) is 11.7.